The predicted octanol–water partition coefficient (Wildman–Crippen LogP) is 2.00. The van der Waals surface area contributed by atoms with E-state index in [1.54, 1.807) is 35.9 Å². The van der Waals surface area contributed by atoms with E-state index in [4.69, 9.17) is 4.74 Å². The molecule has 2 aromatic heterocycles. The lowest BCUT2D eigenvalue weighted by Gasteiger charge is -2.04. The Kier molecular flexibility index (Phi) is 3.46. The highest BCUT2D eigenvalue weighted by atomic mass is 16.5. The van der Waals surface area contributed by atoms with Gasteiger partial charge in [0.25, 0.3) is 11.7 Å². The van der Waals surface area contributed by atoms with Crippen LogP contribution in [0.15, 0.2) is 30.3 Å². The molecule has 0 saturated carbocycles. The van der Waals surface area contributed by atoms with Crippen molar-refractivity contribution in [1.82, 2.24) is 19.6 Å². The molecule has 3 rings (SSSR count). The standard InChI is InChI=1S/C15H15N5O2/c1-9-7-10(2)20-15(16-9)18-13(19-20)14(21)17-11-5-4-6-12(8-11)22-3/h4-8H,1-3H3,(H,17,21). The zero-order chi connectivity index (χ0) is 15.7. The fourth-order valence-electron chi connectivity index (χ4n) is 2.15. The number of nitrogens with zero attached hydrogens (tertiary/aromatic N) is 4. The third-order valence-electron chi connectivity index (χ3n) is 3.15. The van der Waals surface area contributed by atoms with Crippen LogP contribution in [0.3, 0.4) is 0 Å². The first-order chi connectivity index (χ1) is 10.6. The molecular formula is C15H15N5O2. The van der Waals surface area contributed by atoms with Crippen LogP contribution in [-0.4, -0.2) is 32.6 Å². The Bertz CT molecular complexity index is 856. The van der Waals surface area contributed by atoms with Crippen molar-refractivity contribution >= 4 is 17.4 Å². The predicted molar refractivity (Wildman–Crippen MR) is 81.2 cm³/mol. The van der Waals surface area contributed by atoms with Crippen molar-refractivity contribution in [3.05, 3.63) is 47.5 Å². The third kappa shape index (κ3) is 2.60. The molecule has 0 saturated heterocycles. The van der Waals surface area contributed by atoms with Crippen molar-refractivity contribution in [2.75, 3.05) is 12.4 Å². The van der Waals surface area contributed by atoms with E-state index in [-0.39, 0.29) is 5.82 Å². The summed E-state index contributed by atoms with van der Waals surface area (Å²) in [6, 6.07) is 8.96. The molecule has 22 heavy (non-hydrogen) atoms. The van der Waals surface area contributed by atoms with Gasteiger partial charge >= 0.3 is 0 Å². The maximum Gasteiger partial charge on any atom is 0.295 e. The SMILES string of the molecule is COc1cccc(NC(=O)c2nc3nc(C)cc(C)n3n2)c1. The summed E-state index contributed by atoms with van der Waals surface area (Å²) in [5, 5.41) is 6.93. The van der Waals surface area contributed by atoms with Gasteiger partial charge in [-0.2, -0.15) is 4.98 Å². The van der Waals surface area contributed by atoms with Crippen molar-refractivity contribution < 1.29 is 9.53 Å². The molecule has 1 aromatic carbocycles. The summed E-state index contributed by atoms with van der Waals surface area (Å²) in [6.45, 7) is 3.76. The molecule has 0 atom stereocenters. The van der Waals surface area contributed by atoms with Gasteiger partial charge in [0.15, 0.2) is 0 Å². The van der Waals surface area contributed by atoms with E-state index in [1.807, 2.05) is 19.9 Å². The second-order valence-electron chi connectivity index (χ2n) is 4.87. The monoisotopic (exact) mass is 297 g/mol. The molecule has 7 heteroatoms. The molecular weight excluding hydrogens is 282 g/mol. The molecule has 112 valence electrons. The van der Waals surface area contributed by atoms with Crippen molar-refractivity contribution in [2.24, 2.45) is 0 Å². The maximum atomic E-state index is 12.3. The van der Waals surface area contributed by atoms with Crippen LogP contribution >= 0.6 is 0 Å². The molecule has 0 aliphatic carbocycles. The number of rotatable bonds is 3. The molecule has 0 bridgehead atoms. The number of carbonyl (C=O) groups is 1. The highest BCUT2D eigenvalue weighted by Crippen LogP contribution is 2.17. The average molecular weight is 297 g/mol. The number of aromatic nitrogens is 4. The zero-order valence-electron chi connectivity index (χ0n) is 12.5. The lowest BCUT2D eigenvalue weighted by atomic mass is 10.3. The Morgan fingerprint density at radius 3 is 2.82 bits per heavy atom. The smallest absolute Gasteiger partial charge is 0.295 e. The number of methoxy groups -OCH3 is 1. The highest BCUT2D eigenvalue weighted by Gasteiger charge is 2.15. The van der Waals surface area contributed by atoms with Gasteiger partial charge in [-0.05, 0) is 32.0 Å². The highest BCUT2D eigenvalue weighted by molar-refractivity contribution is 6.01. The summed E-state index contributed by atoms with van der Waals surface area (Å²) >= 11 is 0. The Morgan fingerprint density at radius 1 is 1.23 bits per heavy atom. The number of amides is 1. The summed E-state index contributed by atoms with van der Waals surface area (Å²) in [5.41, 5.74) is 2.32. The molecule has 0 unspecified atom stereocenters. The topological polar surface area (TPSA) is 81.4 Å². The van der Waals surface area contributed by atoms with Gasteiger partial charge < -0.3 is 10.1 Å². The number of fused-ring (bicyclic) bond motifs is 1. The zero-order valence-corrected chi connectivity index (χ0v) is 12.5. The van der Waals surface area contributed by atoms with E-state index in [9.17, 15) is 4.79 Å². The van der Waals surface area contributed by atoms with E-state index in [0.29, 0.717) is 17.2 Å². The number of carbonyl (C=O) groups excluding carboxylic acids is 1. The van der Waals surface area contributed by atoms with Crippen LogP contribution in [0.4, 0.5) is 5.69 Å². The number of benzene rings is 1. The van der Waals surface area contributed by atoms with E-state index in [0.717, 1.165) is 11.4 Å². The Hall–Kier alpha value is -2.96. The van der Waals surface area contributed by atoms with E-state index in [1.165, 1.54) is 0 Å². The number of aryl methyl sites for hydroxylation is 2. The molecule has 0 fully saturated rings. The average Bonchev–Trinajstić information content (AvgIpc) is 2.92. The fourth-order valence-corrected chi connectivity index (χ4v) is 2.15. The summed E-state index contributed by atoms with van der Waals surface area (Å²) in [5.74, 6) is 0.752. The van der Waals surface area contributed by atoms with E-state index >= 15 is 0 Å². The normalized spacial score (nSPS) is 10.7. The number of nitrogens with one attached hydrogen (secondary N) is 1. The summed E-state index contributed by atoms with van der Waals surface area (Å²) in [4.78, 5) is 20.7. The molecule has 0 radical (unpaired) electrons. The quantitative estimate of drug-likeness (QED) is 0.799. The Labute approximate surface area is 127 Å². The third-order valence-corrected chi connectivity index (χ3v) is 3.15. The van der Waals surface area contributed by atoms with Gasteiger partial charge in [-0.15, -0.1) is 5.10 Å². The van der Waals surface area contributed by atoms with E-state index < -0.39 is 5.91 Å². The van der Waals surface area contributed by atoms with Crippen molar-refractivity contribution in [3.8, 4) is 5.75 Å². The summed E-state index contributed by atoms with van der Waals surface area (Å²) in [7, 11) is 1.57. The van der Waals surface area contributed by atoms with Crippen molar-refractivity contribution in [1.29, 1.82) is 0 Å². The molecule has 0 spiro atoms. The van der Waals surface area contributed by atoms with Crippen LogP contribution in [-0.2, 0) is 0 Å². The number of hydrogen-bond donors (Lipinski definition) is 1. The number of anilines is 1. The van der Waals surface area contributed by atoms with Gasteiger partial charge in [0.1, 0.15) is 5.75 Å². The van der Waals surface area contributed by atoms with Gasteiger partial charge in [0.2, 0.25) is 5.82 Å². The minimum absolute atomic E-state index is 0.0732. The van der Waals surface area contributed by atoms with Crippen LogP contribution in [0, 0.1) is 13.8 Å². The minimum Gasteiger partial charge on any atom is -0.497 e. The first kappa shape index (κ1) is 14.0. The van der Waals surface area contributed by atoms with Crippen LogP contribution in [0.25, 0.3) is 5.78 Å². The van der Waals surface area contributed by atoms with E-state index in [2.05, 4.69) is 20.4 Å². The van der Waals surface area contributed by atoms with Crippen LogP contribution in [0.5, 0.6) is 5.75 Å². The lowest BCUT2D eigenvalue weighted by molar-refractivity contribution is 0.101. The van der Waals surface area contributed by atoms with Gasteiger partial charge in [-0.1, -0.05) is 6.07 Å². The molecule has 1 amide bonds. The van der Waals surface area contributed by atoms with Crippen LogP contribution in [0.1, 0.15) is 22.0 Å². The first-order valence-corrected chi connectivity index (χ1v) is 6.73. The lowest BCUT2D eigenvalue weighted by Crippen LogP contribution is -2.14. The van der Waals surface area contributed by atoms with Gasteiger partial charge in [0, 0.05) is 23.1 Å². The Balaban J connectivity index is 1.90. The number of hydrogen-bond acceptors (Lipinski definition) is 5. The minimum atomic E-state index is -0.393. The molecule has 7 nitrogen and oxygen atoms in total. The molecule has 0 aliphatic rings. The van der Waals surface area contributed by atoms with Crippen molar-refractivity contribution in [2.45, 2.75) is 13.8 Å². The molecule has 0 aliphatic heterocycles. The second kappa shape index (κ2) is 5.44. The first-order valence-electron chi connectivity index (χ1n) is 6.73. The molecule has 2 heterocycles. The molecule has 3 aromatic rings. The molecule has 1 N–H and O–H groups in total. The van der Waals surface area contributed by atoms with Crippen molar-refractivity contribution in [3.63, 3.8) is 0 Å². The van der Waals surface area contributed by atoms with Crippen LogP contribution < -0.4 is 10.1 Å². The largest absolute Gasteiger partial charge is 0.497 e. The van der Waals surface area contributed by atoms with Gasteiger partial charge in [-0.25, -0.2) is 9.50 Å². The summed E-state index contributed by atoms with van der Waals surface area (Å²) in [6.07, 6.45) is 0. The fraction of sp³-hybridized carbons (Fsp3) is 0.200. The maximum absolute atomic E-state index is 12.3. The summed E-state index contributed by atoms with van der Waals surface area (Å²) < 4.78 is 6.67. The number of ether oxygens (including phenoxy) is 1. The second-order valence-corrected chi connectivity index (χ2v) is 4.87. The van der Waals surface area contributed by atoms with Crippen LogP contribution in [0.2, 0.25) is 0 Å². The van der Waals surface area contributed by atoms with Gasteiger partial charge in [0.05, 0.1) is 7.11 Å². The van der Waals surface area contributed by atoms with Gasteiger partial charge in [-0.3, -0.25) is 4.79 Å². The Morgan fingerprint density at radius 2 is 2.05 bits per heavy atom.